The average molecular weight is 734 g/mol. The van der Waals surface area contributed by atoms with Crippen molar-refractivity contribution in [3.63, 3.8) is 0 Å². The minimum absolute atomic E-state index is 0.00987. The van der Waals surface area contributed by atoms with Crippen LogP contribution in [0.4, 0.5) is 14.6 Å². The first-order chi connectivity index (χ1) is 25.7. The third-order valence-electron chi connectivity index (χ3n) is 11.9. The van der Waals surface area contributed by atoms with Gasteiger partial charge in [-0.05, 0) is 108 Å². The Morgan fingerprint density at radius 2 is 1.91 bits per heavy atom. The number of fused-ring (bicyclic) bond motifs is 3. The van der Waals surface area contributed by atoms with Crippen LogP contribution >= 0.6 is 0 Å². The highest BCUT2D eigenvalue weighted by Crippen LogP contribution is 2.42. The quantitative estimate of drug-likeness (QED) is 0.165. The van der Waals surface area contributed by atoms with E-state index in [1.165, 1.54) is 23.2 Å². The number of benzene rings is 2. The summed E-state index contributed by atoms with van der Waals surface area (Å²) in [6.45, 7) is 11.8. The Bertz CT molecular complexity index is 2250. The molecule has 3 saturated heterocycles. The predicted molar refractivity (Wildman–Crippen MR) is 204 cm³/mol. The Morgan fingerprint density at radius 3 is 2.59 bits per heavy atom. The molecule has 2 atom stereocenters. The van der Waals surface area contributed by atoms with E-state index in [9.17, 15) is 15.2 Å². The van der Waals surface area contributed by atoms with Gasteiger partial charge in [0, 0.05) is 37.3 Å². The van der Waals surface area contributed by atoms with E-state index in [2.05, 4.69) is 33.4 Å². The molecule has 0 saturated carbocycles. The van der Waals surface area contributed by atoms with E-state index >= 15 is 8.78 Å². The number of nitrogens with zero attached hydrogens (tertiary/aromatic N) is 7. The topological polar surface area (TPSA) is 119 Å². The maximum Gasteiger partial charge on any atom is 0.319 e. The Labute approximate surface area is 314 Å². The molecule has 5 heterocycles. The number of amides is 1. The number of ether oxygens (including phenoxy) is 1. The van der Waals surface area contributed by atoms with Crippen LogP contribution in [-0.2, 0) is 10.2 Å². The van der Waals surface area contributed by atoms with Gasteiger partial charge in [0.15, 0.2) is 5.82 Å². The fourth-order valence-electron chi connectivity index (χ4n) is 8.69. The van der Waals surface area contributed by atoms with E-state index in [1.807, 2.05) is 4.90 Å². The number of nitriles is 1. The zero-order valence-electron chi connectivity index (χ0n) is 31.3. The largest absolute Gasteiger partial charge is 0.461 e. The molecule has 0 aliphatic carbocycles. The van der Waals surface area contributed by atoms with Crippen molar-refractivity contribution in [2.75, 3.05) is 44.7 Å². The average Bonchev–Trinajstić information content (AvgIpc) is 3.70. The Morgan fingerprint density at radius 1 is 1.19 bits per heavy atom. The van der Waals surface area contributed by atoms with Crippen molar-refractivity contribution in [3.05, 3.63) is 65.9 Å². The maximum absolute atomic E-state index is 17.4. The van der Waals surface area contributed by atoms with Crippen LogP contribution in [0.3, 0.4) is 0 Å². The van der Waals surface area contributed by atoms with Crippen molar-refractivity contribution < 1.29 is 23.4 Å². The molecule has 0 spiro atoms. The molecule has 3 aliphatic heterocycles. The standard InChI is InChI=1S/C42H45F2N7O3/c1-7-28-31(43)13-12-26-20-27(40(3,4)24-45)21-29(34(26)28)36-35(44)37-30(22-46-36)38(48-39(47-37)54-25-42-15-10-18-51(42)19-11-16-42)50-17-9-14-41(5,53)32(23-50)49(6)33(52)8-2/h1,8,12-13,20-22,32,53H,2,9-11,14-19,23,25H2,3-6H3. The lowest BCUT2D eigenvalue weighted by Gasteiger charge is -2.39. The molecular weight excluding hydrogens is 689 g/mol. The molecular formula is C42H45F2N7O3. The molecule has 0 radical (unpaired) electrons. The molecule has 1 amide bonds. The summed E-state index contributed by atoms with van der Waals surface area (Å²) < 4.78 is 39.1. The summed E-state index contributed by atoms with van der Waals surface area (Å²) >= 11 is 0. The lowest BCUT2D eigenvalue weighted by Crippen LogP contribution is -2.55. The minimum atomic E-state index is -1.23. The summed E-state index contributed by atoms with van der Waals surface area (Å²) in [6.07, 6.45) is 13.6. The molecule has 3 aliphatic rings. The van der Waals surface area contributed by atoms with Crippen LogP contribution in [0.25, 0.3) is 32.9 Å². The molecule has 12 heteroatoms. The van der Waals surface area contributed by atoms with Gasteiger partial charge in [-0.3, -0.25) is 14.7 Å². The minimum Gasteiger partial charge on any atom is -0.461 e. The number of hydrogen-bond donors (Lipinski definition) is 1. The fraction of sp³-hybridized carbons (Fsp3) is 0.452. The summed E-state index contributed by atoms with van der Waals surface area (Å²) in [5.41, 5.74) is -1.77. The fourth-order valence-corrected chi connectivity index (χ4v) is 8.69. The van der Waals surface area contributed by atoms with Crippen molar-refractivity contribution >= 4 is 33.4 Å². The van der Waals surface area contributed by atoms with Crippen molar-refractivity contribution in [1.82, 2.24) is 24.8 Å². The third-order valence-corrected chi connectivity index (χ3v) is 11.9. The molecule has 2 unspecified atom stereocenters. The lowest BCUT2D eigenvalue weighted by molar-refractivity contribution is -0.132. The molecule has 280 valence electrons. The van der Waals surface area contributed by atoms with Crippen molar-refractivity contribution in [2.24, 2.45) is 0 Å². The van der Waals surface area contributed by atoms with E-state index in [-0.39, 0.29) is 46.3 Å². The third kappa shape index (κ3) is 6.31. The number of carbonyl (C=O) groups is 1. The number of carbonyl (C=O) groups excluding carboxylic acids is 1. The highest BCUT2D eigenvalue weighted by atomic mass is 19.1. The second-order valence-corrected chi connectivity index (χ2v) is 15.7. The first-order valence-corrected chi connectivity index (χ1v) is 18.5. The molecule has 10 nitrogen and oxygen atoms in total. The molecule has 54 heavy (non-hydrogen) atoms. The highest BCUT2D eigenvalue weighted by molar-refractivity contribution is 6.02. The van der Waals surface area contributed by atoms with Crippen LogP contribution in [-0.4, -0.2) is 92.8 Å². The normalized spacial score (nSPS) is 21.4. The van der Waals surface area contributed by atoms with Gasteiger partial charge in [0.1, 0.15) is 29.5 Å². The van der Waals surface area contributed by atoms with Gasteiger partial charge in [-0.1, -0.05) is 18.6 Å². The molecule has 1 N–H and O–H groups in total. The van der Waals surface area contributed by atoms with Crippen LogP contribution in [0.15, 0.2) is 43.1 Å². The van der Waals surface area contributed by atoms with Gasteiger partial charge in [0.25, 0.3) is 0 Å². The van der Waals surface area contributed by atoms with Gasteiger partial charge >= 0.3 is 6.01 Å². The van der Waals surface area contributed by atoms with E-state index in [4.69, 9.17) is 16.1 Å². The summed E-state index contributed by atoms with van der Waals surface area (Å²) in [5.74, 6) is 1.01. The molecule has 0 bridgehead atoms. The molecule has 2 aromatic carbocycles. The highest BCUT2D eigenvalue weighted by Gasteiger charge is 2.45. The van der Waals surface area contributed by atoms with Crippen molar-refractivity contribution in [3.8, 4) is 35.7 Å². The van der Waals surface area contributed by atoms with Crippen molar-refractivity contribution in [2.45, 2.75) is 81.9 Å². The van der Waals surface area contributed by atoms with Crippen LogP contribution in [0.1, 0.15) is 70.4 Å². The number of halogens is 2. The van der Waals surface area contributed by atoms with Crippen LogP contribution < -0.4 is 9.64 Å². The number of aromatic nitrogens is 3. The van der Waals surface area contributed by atoms with Gasteiger partial charge < -0.3 is 19.6 Å². The number of hydrogen-bond acceptors (Lipinski definition) is 9. The Balaban J connectivity index is 1.43. The first-order valence-electron chi connectivity index (χ1n) is 18.5. The van der Waals surface area contributed by atoms with E-state index in [0.29, 0.717) is 53.5 Å². The van der Waals surface area contributed by atoms with Gasteiger partial charge in [-0.2, -0.15) is 15.2 Å². The summed E-state index contributed by atoms with van der Waals surface area (Å²) in [5, 5.41) is 22.7. The Hall–Kier alpha value is -5.17. The smallest absolute Gasteiger partial charge is 0.319 e. The number of terminal acetylenes is 1. The number of pyridine rings is 1. The van der Waals surface area contributed by atoms with Gasteiger partial charge in [0.2, 0.25) is 5.91 Å². The molecule has 3 fully saturated rings. The maximum atomic E-state index is 17.4. The lowest BCUT2D eigenvalue weighted by atomic mass is 9.82. The number of rotatable bonds is 8. The number of likely N-dealkylation sites (N-methyl/N-ethyl adjacent to an activating group) is 1. The number of anilines is 1. The predicted octanol–water partition coefficient (Wildman–Crippen LogP) is 6.28. The second-order valence-electron chi connectivity index (χ2n) is 15.7. The van der Waals surface area contributed by atoms with E-state index in [0.717, 1.165) is 38.8 Å². The summed E-state index contributed by atoms with van der Waals surface area (Å²) in [4.78, 5) is 32.9. The zero-order chi connectivity index (χ0) is 38.6. The SMILES string of the molecule is C#Cc1c(F)ccc2cc(C(C)(C)C#N)cc(-c3ncc4c(N5CCCC(C)(O)C(N(C)C(=O)C=C)C5)nc(OCC56CCCN5CCC6)nc4c3F)c12. The Kier molecular flexibility index (Phi) is 9.57. The van der Waals surface area contributed by atoms with Gasteiger partial charge in [-0.25, -0.2) is 8.78 Å². The summed E-state index contributed by atoms with van der Waals surface area (Å²) in [7, 11) is 1.63. The van der Waals surface area contributed by atoms with E-state index < -0.39 is 28.7 Å². The molecule has 2 aromatic heterocycles. The van der Waals surface area contributed by atoms with Gasteiger partial charge in [-0.15, -0.1) is 6.42 Å². The zero-order valence-corrected chi connectivity index (χ0v) is 31.3. The van der Waals surface area contributed by atoms with Crippen molar-refractivity contribution in [1.29, 1.82) is 5.26 Å². The van der Waals surface area contributed by atoms with Crippen LogP contribution in [0, 0.1) is 35.3 Å². The summed E-state index contributed by atoms with van der Waals surface area (Å²) in [6, 6.07) is 7.86. The second kappa shape index (κ2) is 13.9. The molecule has 7 rings (SSSR count). The first kappa shape index (κ1) is 37.2. The van der Waals surface area contributed by atoms with E-state index in [1.54, 1.807) is 46.0 Å². The molecule has 4 aromatic rings. The monoisotopic (exact) mass is 733 g/mol. The van der Waals surface area contributed by atoms with Gasteiger partial charge in [0.05, 0.1) is 39.6 Å². The van der Waals surface area contributed by atoms with Crippen LogP contribution in [0.2, 0.25) is 0 Å². The van der Waals surface area contributed by atoms with Crippen LogP contribution in [0.5, 0.6) is 6.01 Å². The number of aliphatic hydroxyl groups is 1.